The number of para-hydroxylation sites is 3. The highest BCUT2D eigenvalue weighted by Gasteiger charge is 2.16. The zero-order valence-corrected chi connectivity index (χ0v) is 15.8. The Morgan fingerprint density at radius 1 is 0.552 bits per heavy atom. The zero-order valence-electron chi connectivity index (χ0n) is 15.8. The lowest BCUT2D eigenvalue weighted by Crippen LogP contribution is -1.98. The van der Waals surface area contributed by atoms with Crippen LogP contribution in [0.4, 0.5) is 0 Å². The Balaban J connectivity index is 1.78. The van der Waals surface area contributed by atoms with E-state index < -0.39 is 0 Å². The Kier molecular flexibility index (Phi) is 3.50. The molecule has 0 aliphatic rings. The van der Waals surface area contributed by atoms with Gasteiger partial charge in [-0.3, -0.25) is 4.57 Å². The van der Waals surface area contributed by atoms with Gasteiger partial charge in [-0.1, -0.05) is 84.9 Å². The number of fused-ring (bicyclic) bond motifs is 4. The largest absolute Gasteiger partial charge is 0.293 e. The molecule has 0 radical (unpaired) electrons. The standard InChI is InChI=1S/C27H18N2/c1-2-9-19(10-3-1)21-13-8-14-23-22-12-5-7-16-25(22)29(27(21)23)26-18-17-20-11-4-6-15-24(20)28-26/h1-18H. The average molecular weight is 370 g/mol. The van der Waals surface area contributed by atoms with Crippen molar-refractivity contribution in [1.29, 1.82) is 0 Å². The molecule has 0 saturated heterocycles. The van der Waals surface area contributed by atoms with Crippen molar-refractivity contribution >= 4 is 32.7 Å². The number of hydrogen-bond acceptors (Lipinski definition) is 1. The number of aromatic nitrogens is 2. The van der Waals surface area contributed by atoms with Gasteiger partial charge < -0.3 is 0 Å². The van der Waals surface area contributed by atoms with E-state index in [0.717, 1.165) is 16.7 Å². The summed E-state index contributed by atoms with van der Waals surface area (Å²) >= 11 is 0. The molecule has 4 aromatic carbocycles. The topological polar surface area (TPSA) is 17.8 Å². The van der Waals surface area contributed by atoms with Crippen LogP contribution in [0.5, 0.6) is 0 Å². The predicted molar refractivity (Wildman–Crippen MR) is 122 cm³/mol. The van der Waals surface area contributed by atoms with Crippen LogP contribution in [0.25, 0.3) is 49.7 Å². The Labute approximate surface area is 168 Å². The van der Waals surface area contributed by atoms with Gasteiger partial charge in [0.1, 0.15) is 5.82 Å². The lowest BCUT2D eigenvalue weighted by molar-refractivity contribution is 1.10. The summed E-state index contributed by atoms with van der Waals surface area (Å²) in [5.74, 6) is 0.943. The molecule has 2 heterocycles. The van der Waals surface area contributed by atoms with E-state index in [1.54, 1.807) is 0 Å². The van der Waals surface area contributed by atoms with E-state index >= 15 is 0 Å². The minimum atomic E-state index is 0.943. The van der Waals surface area contributed by atoms with Crippen LogP contribution in [0, 0.1) is 0 Å². The maximum atomic E-state index is 5.02. The highest BCUT2D eigenvalue weighted by molar-refractivity contribution is 6.13. The molecule has 0 atom stereocenters. The highest BCUT2D eigenvalue weighted by Crippen LogP contribution is 2.37. The monoisotopic (exact) mass is 370 g/mol. The molecule has 0 aliphatic carbocycles. The first-order valence-electron chi connectivity index (χ1n) is 9.84. The average Bonchev–Trinajstić information content (AvgIpc) is 3.14. The van der Waals surface area contributed by atoms with Crippen LogP contribution in [0.15, 0.2) is 109 Å². The van der Waals surface area contributed by atoms with Crippen molar-refractivity contribution < 1.29 is 0 Å². The van der Waals surface area contributed by atoms with E-state index in [9.17, 15) is 0 Å². The second-order valence-corrected chi connectivity index (χ2v) is 7.28. The van der Waals surface area contributed by atoms with E-state index in [2.05, 4.69) is 108 Å². The summed E-state index contributed by atoms with van der Waals surface area (Å²) in [5.41, 5.74) is 5.81. The van der Waals surface area contributed by atoms with Crippen molar-refractivity contribution in [2.45, 2.75) is 0 Å². The molecular formula is C27H18N2. The van der Waals surface area contributed by atoms with Crippen LogP contribution in [0.3, 0.4) is 0 Å². The number of nitrogens with zero attached hydrogens (tertiary/aromatic N) is 2. The van der Waals surface area contributed by atoms with E-state index in [-0.39, 0.29) is 0 Å². The third-order valence-electron chi connectivity index (χ3n) is 5.59. The van der Waals surface area contributed by atoms with Crippen LogP contribution in [0.1, 0.15) is 0 Å². The molecule has 29 heavy (non-hydrogen) atoms. The Morgan fingerprint density at radius 3 is 2.24 bits per heavy atom. The van der Waals surface area contributed by atoms with Gasteiger partial charge >= 0.3 is 0 Å². The van der Waals surface area contributed by atoms with Crippen molar-refractivity contribution in [3.05, 3.63) is 109 Å². The SMILES string of the molecule is c1ccc(-c2cccc3c4ccccc4n(-c4ccc5ccccc5n4)c23)cc1. The van der Waals surface area contributed by atoms with Crippen LogP contribution in [-0.4, -0.2) is 9.55 Å². The zero-order chi connectivity index (χ0) is 19.2. The summed E-state index contributed by atoms with van der Waals surface area (Å²) in [6.07, 6.45) is 0. The number of benzene rings is 4. The second-order valence-electron chi connectivity index (χ2n) is 7.28. The maximum Gasteiger partial charge on any atom is 0.138 e. The van der Waals surface area contributed by atoms with Crippen molar-refractivity contribution in [2.24, 2.45) is 0 Å². The lowest BCUT2D eigenvalue weighted by Gasteiger charge is -2.11. The van der Waals surface area contributed by atoms with E-state index in [0.29, 0.717) is 0 Å². The second kappa shape index (κ2) is 6.32. The molecule has 2 nitrogen and oxygen atoms in total. The molecule has 0 spiro atoms. The molecule has 0 amide bonds. The van der Waals surface area contributed by atoms with Crippen molar-refractivity contribution in [2.75, 3.05) is 0 Å². The Hall–Kier alpha value is -3.91. The third-order valence-corrected chi connectivity index (χ3v) is 5.59. The summed E-state index contributed by atoms with van der Waals surface area (Å²) in [4.78, 5) is 5.02. The van der Waals surface area contributed by atoms with Gasteiger partial charge in [0.25, 0.3) is 0 Å². The minimum Gasteiger partial charge on any atom is -0.293 e. The molecule has 0 N–H and O–H groups in total. The first kappa shape index (κ1) is 16.1. The summed E-state index contributed by atoms with van der Waals surface area (Å²) in [6.45, 7) is 0. The van der Waals surface area contributed by atoms with E-state index in [1.165, 1.54) is 32.9 Å². The summed E-state index contributed by atoms with van der Waals surface area (Å²) in [6, 6.07) is 38.3. The molecule has 6 aromatic rings. The lowest BCUT2D eigenvalue weighted by atomic mass is 10.0. The number of hydrogen-bond donors (Lipinski definition) is 0. The van der Waals surface area contributed by atoms with E-state index in [1.807, 2.05) is 6.07 Å². The third kappa shape index (κ3) is 2.46. The van der Waals surface area contributed by atoms with Gasteiger partial charge in [0.15, 0.2) is 0 Å². The van der Waals surface area contributed by atoms with Gasteiger partial charge in [-0.25, -0.2) is 4.98 Å². The van der Waals surface area contributed by atoms with Crippen molar-refractivity contribution in [3.63, 3.8) is 0 Å². The quantitative estimate of drug-likeness (QED) is 0.321. The predicted octanol–water partition coefficient (Wildman–Crippen LogP) is 7.00. The van der Waals surface area contributed by atoms with Gasteiger partial charge in [0.05, 0.1) is 16.6 Å². The fourth-order valence-corrected chi connectivity index (χ4v) is 4.29. The minimum absolute atomic E-state index is 0.943. The normalized spacial score (nSPS) is 11.4. The highest BCUT2D eigenvalue weighted by atomic mass is 15.1. The fourth-order valence-electron chi connectivity index (χ4n) is 4.29. The first-order valence-corrected chi connectivity index (χ1v) is 9.84. The van der Waals surface area contributed by atoms with E-state index in [4.69, 9.17) is 4.98 Å². The number of pyridine rings is 1. The summed E-state index contributed by atoms with van der Waals surface area (Å²) < 4.78 is 2.30. The molecular weight excluding hydrogens is 352 g/mol. The van der Waals surface area contributed by atoms with Crippen LogP contribution < -0.4 is 0 Å². The van der Waals surface area contributed by atoms with Gasteiger partial charge in [-0.05, 0) is 29.8 Å². The Bertz CT molecular complexity index is 1490. The molecule has 0 fully saturated rings. The van der Waals surface area contributed by atoms with Crippen molar-refractivity contribution in [3.8, 4) is 16.9 Å². The van der Waals surface area contributed by atoms with Crippen molar-refractivity contribution in [1.82, 2.24) is 9.55 Å². The van der Waals surface area contributed by atoms with Gasteiger partial charge in [-0.2, -0.15) is 0 Å². The fraction of sp³-hybridized carbons (Fsp3) is 0. The molecule has 0 saturated carbocycles. The number of rotatable bonds is 2. The summed E-state index contributed by atoms with van der Waals surface area (Å²) in [7, 11) is 0. The summed E-state index contributed by atoms with van der Waals surface area (Å²) in [5, 5.41) is 3.65. The molecule has 6 rings (SSSR count). The molecule has 0 unspecified atom stereocenters. The molecule has 2 heteroatoms. The van der Waals surface area contributed by atoms with Gasteiger partial charge in [0, 0.05) is 21.7 Å². The molecule has 0 aliphatic heterocycles. The molecule has 0 bridgehead atoms. The van der Waals surface area contributed by atoms with Crippen LogP contribution >= 0.6 is 0 Å². The van der Waals surface area contributed by atoms with Gasteiger partial charge in [0.2, 0.25) is 0 Å². The molecule has 2 aromatic heterocycles. The smallest absolute Gasteiger partial charge is 0.138 e. The maximum absolute atomic E-state index is 5.02. The van der Waals surface area contributed by atoms with Crippen LogP contribution in [0.2, 0.25) is 0 Å². The van der Waals surface area contributed by atoms with Crippen LogP contribution in [-0.2, 0) is 0 Å². The first-order chi connectivity index (χ1) is 14.4. The van der Waals surface area contributed by atoms with Gasteiger partial charge in [-0.15, -0.1) is 0 Å². The molecule has 136 valence electrons. The Morgan fingerprint density at radius 2 is 1.31 bits per heavy atom.